The fourth-order valence-electron chi connectivity index (χ4n) is 4.19. The molecule has 1 radical (unpaired) electrons. The van der Waals surface area contributed by atoms with Gasteiger partial charge in [0.2, 0.25) is 0 Å². The van der Waals surface area contributed by atoms with Crippen molar-refractivity contribution in [2.45, 2.75) is 5.66 Å². The van der Waals surface area contributed by atoms with Gasteiger partial charge >= 0.3 is 19.5 Å². The fraction of sp³-hybridized carbons (Fsp3) is 0.0333. The van der Waals surface area contributed by atoms with E-state index in [0.29, 0.717) is 5.66 Å². The smallest absolute Gasteiger partial charge is 0.219 e. The van der Waals surface area contributed by atoms with Gasteiger partial charge in [0.15, 0.2) is 0 Å². The molecule has 0 heterocycles. The molecular formula is C30H25P2Ru. The second kappa shape index (κ2) is 11.7. The summed E-state index contributed by atoms with van der Waals surface area (Å²) >= 11 is 0. The van der Waals surface area contributed by atoms with Crippen LogP contribution in [-0.2, 0) is 19.5 Å². The largest absolute Gasteiger partial charge is 1.00 e. The molecule has 0 spiro atoms. The van der Waals surface area contributed by atoms with Gasteiger partial charge in [0.1, 0.15) is 0 Å². The molecule has 0 nitrogen and oxygen atoms in total. The first-order valence-electron chi connectivity index (χ1n) is 10.9. The number of rotatable bonds is 6. The molecule has 1 aliphatic rings. The fourth-order valence-corrected chi connectivity index (χ4v) is 9.86. The average molecular weight is 549 g/mol. The van der Waals surface area contributed by atoms with E-state index in [-0.39, 0.29) is 19.5 Å². The van der Waals surface area contributed by atoms with Crippen molar-refractivity contribution in [2.75, 3.05) is 0 Å². The molecule has 1 atom stereocenters. The molecule has 1 aliphatic carbocycles. The van der Waals surface area contributed by atoms with Gasteiger partial charge in [-0.1, -0.05) is 129 Å². The summed E-state index contributed by atoms with van der Waals surface area (Å²) in [4.78, 5) is 0. The maximum absolute atomic E-state index is 2.43. The zero-order valence-electron chi connectivity index (χ0n) is 18.2. The van der Waals surface area contributed by atoms with Crippen molar-refractivity contribution in [3.05, 3.63) is 151 Å². The van der Waals surface area contributed by atoms with E-state index in [1.807, 2.05) is 0 Å². The van der Waals surface area contributed by atoms with Crippen molar-refractivity contribution >= 4 is 37.1 Å². The standard InChI is InChI=1S/C30H25P2.Ru/c1-5-15-25(16-6-1)31(26-17-7-2-8-18-26)29-23-13-14-24-30(29)32(27-19-9-3-10-20-27)28-21-11-4-12-22-28;/h1-24,29H;/q-1;+1. The van der Waals surface area contributed by atoms with Gasteiger partial charge < -0.3 is 0 Å². The summed E-state index contributed by atoms with van der Waals surface area (Å²) in [5.74, 6) is 0. The molecule has 4 aromatic rings. The van der Waals surface area contributed by atoms with E-state index in [1.165, 1.54) is 26.9 Å². The summed E-state index contributed by atoms with van der Waals surface area (Å²) in [6, 6.07) is 44.2. The molecule has 163 valence electrons. The summed E-state index contributed by atoms with van der Waals surface area (Å²) in [7, 11) is -1.21. The minimum Gasteiger partial charge on any atom is -0.219 e. The Kier molecular flexibility index (Phi) is 8.48. The minimum atomic E-state index is -0.627. The van der Waals surface area contributed by atoms with Gasteiger partial charge in [0, 0.05) is 0 Å². The molecule has 0 N–H and O–H groups in total. The maximum atomic E-state index is 2.43. The first kappa shape index (κ1) is 23.9. The summed E-state index contributed by atoms with van der Waals surface area (Å²) in [6.45, 7) is 0. The molecular weight excluding hydrogens is 523 g/mol. The Balaban J connectivity index is 0.00000259. The minimum absolute atomic E-state index is 0. The van der Waals surface area contributed by atoms with E-state index in [4.69, 9.17) is 0 Å². The van der Waals surface area contributed by atoms with Gasteiger partial charge in [-0.2, -0.15) is 5.66 Å². The van der Waals surface area contributed by atoms with Crippen LogP contribution < -0.4 is 21.2 Å². The van der Waals surface area contributed by atoms with Gasteiger partial charge in [-0.15, -0.1) is 20.1 Å². The molecule has 0 aromatic heterocycles. The molecule has 5 rings (SSSR count). The molecule has 0 fully saturated rings. The Hall–Kier alpha value is -2.29. The molecule has 0 aliphatic heterocycles. The van der Waals surface area contributed by atoms with Crippen LogP contribution in [0.15, 0.2) is 146 Å². The van der Waals surface area contributed by atoms with Gasteiger partial charge in [0.25, 0.3) is 0 Å². The number of hydrogen-bond acceptors (Lipinski definition) is 0. The summed E-state index contributed by atoms with van der Waals surface area (Å²) in [6.07, 6.45) is 9.27. The second-order valence-corrected chi connectivity index (χ2v) is 12.2. The number of benzene rings is 4. The Labute approximate surface area is 212 Å². The summed E-state index contributed by atoms with van der Waals surface area (Å²) < 4.78 is 0. The van der Waals surface area contributed by atoms with Crippen LogP contribution in [0.2, 0.25) is 0 Å². The molecule has 0 saturated carbocycles. The third kappa shape index (κ3) is 5.45. The molecule has 1 unspecified atom stereocenters. The van der Waals surface area contributed by atoms with E-state index >= 15 is 0 Å². The Morgan fingerprint density at radius 1 is 0.485 bits per heavy atom. The predicted molar refractivity (Wildman–Crippen MR) is 143 cm³/mol. The van der Waals surface area contributed by atoms with Crippen molar-refractivity contribution in [2.24, 2.45) is 0 Å². The van der Waals surface area contributed by atoms with Crippen molar-refractivity contribution in [3.63, 3.8) is 0 Å². The van der Waals surface area contributed by atoms with Crippen molar-refractivity contribution in [1.82, 2.24) is 0 Å². The van der Waals surface area contributed by atoms with E-state index in [2.05, 4.69) is 146 Å². The third-order valence-electron chi connectivity index (χ3n) is 5.61. The van der Waals surface area contributed by atoms with Gasteiger partial charge in [-0.05, 0) is 26.9 Å². The number of hydrogen-bond donors (Lipinski definition) is 0. The Morgan fingerprint density at radius 2 is 0.879 bits per heavy atom. The first-order chi connectivity index (χ1) is 15.9. The molecule has 0 saturated heterocycles. The molecule has 0 amide bonds. The van der Waals surface area contributed by atoms with E-state index in [0.717, 1.165) is 0 Å². The van der Waals surface area contributed by atoms with Crippen molar-refractivity contribution in [1.29, 1.82) is 0 Å². The van der Waals surface area contributed by atoms with Crippen LogP contribution in [0.5, 0.6) is 0 Å². The molecule has 4 aromatic carbocycles. The van der Waals surface area contributed by atoms with E-state index < -0.39 is 15.8 Å². The van der Waals surface area contributed by atoms with Crippen LogP contribution in [0.3, 0.4) is 0 Å². The summed E-state index contributed by atoms with van der Waals surface area (Å²) in [5, 5.41) is 5.66. The second-order valence-electron chi connectivity index (χ2n) is 7.66. The topological polar surface area (TPSA) is 0 Å². The van der Waals surface area contributed by atoms with Crippen LogP contribution in [0, 0.1) is 5.66 Å². The third-order valence-corrected chi connectivity index (χ3v) is 11.1. The summed E-state index contributed by atoms with van der Waals surface area (Å²) in [5.41, 5.74) is 1.88. The quantitative estimate of drug-likeness (QED) is 0.151. The maximum Gasteiger partial charge on any atom is 1.00 e. The Bertz CT molecular complexity index is 999. The average Bonchev–Trinajstić information content (AvgIpc) is 2.88. The van der Waals surface area contributed by atoms with Crippen molar-refractivity contribution < 1.29 is 19.5 Å². The molecule has 0 bridgehead atoms. The number of allylic oxidation sites excluding steroid dienone is 4. The van der Waals surface area contributed by atoms with Crippen LogP contribution in [0.25, 0.3) is 0 Å². The molecule has 3 heteroatoms. The van der Waals surface area contributed by atoms with Crippen LogP contribution >= 0.6 is 15.8 Å². The van der Waals surface area contributed by atoms with E-state index in [9.17, 15) is 0 Å². The van der Waals surface area contributed by atoms with Crippen LogP contribution in [-0.4, -0.2) is 5.66 Å². The normalized spacial score (nSPS) is 15.0. The monoisotopic (exact) mass is 549 g/mol. The zero-order valence-corrected chi connectivity index (χ0v) is 21.7. The van der Waals surface area contributed by atoms with Crippen molar-refractivity contribution in [3.8, 4) is 0 Å². The predicted octanol–water partition coefficient (Wildman–Crippen LogP) is 6.28. The van der Waals surface area contributed by atoms with E-state index in [1.54, 1.807) is 0 Å². The SMILES string of the molecule is C1=C[C-](P(c2ccccc2)c2ccccc2)C(P(c2ccccc2)c2ccccc2)C=C1.[Ru+]. The first-order valence-corrected chi connectivity index (χ1v) is 13.7. The van der Waals surface area contributed by atoms with Crippen LogP contribution in [0.4, 0.5) is 0 Å². The van der Waals surface area contributed by atoms with Crippen LogP contribution in [0.1, 0.15) is 0 Å². The van der Waals surface area contributed by atoms with Gasteiger partial charge in [-0.3, -0.25) is 0 Å². The zero-order chi connectivity index (χ0) is 21.6. The van der Waals surface area contributed by atoms with Gasteiger partial charge in [0.05, 0.1) is 0 Å². The molecule has 33 heavy (non-hydrogen) atoms. The van der Waals surface area contributed by atoms with Gasteiger partial charge in [-0.25, -0.2) is 12.2 Å². The Morgan fingerprint density at radius 3 is 1.30 bits per heavy atom.